The molecule has 2 aromatic heterocycles. The molecule has 1 N–H and O–H groups in total. The van der Waals surface area contributed by atoms with Crippen molar-refractivity contribution in [2.75, 3.05) is 25.6 Å². The lowest BCUT2D eigenvalue weighted by Crippen LogP contribution is -2.27. The van der Waals surface area contributed by atoms with E-state index in [0.29, 0.717) is 44.4 Å². The molecule has 1 aliphatic heterocycles. The Kier molecular flexibility index (Phi) is 7.44. The number of thiocarbonyl (C=S) groups is 1. The fourth-order valence-corrected chi connectivity index (χ4v) is 4.79. The van der Waals surface area contributed by atoms with E-state index in [4.69, 9.17) is 28.6 Å². The van der Waals surface area contributed by atoms with E-state index in [2.05, 4.69) is 10.3 Å². The number of thioether (sulfide) groups is 1. The highest BCUT2D eigenvalue weighted by molar-refractivity contribution is 8.26. The second-order valence-electron chi connectivity index (χ2n) is 7.24. The highest BCUT2D eigenvalue weighted by atomic mass is 35.5. The van der Waals surface area contributed by atoms with Crippen LogP contribution >= 0.6 is 35.6 Å². The first-order chi connectivity index (χ1) is 16.0. The number of halogens is 1. The number of aromatic nitrogens is 2. The van der Waals surface area contributed by atoms with Crippen molar-refractivity contribution >= 4 is 63.3 Å². The Labute approximate surface area is 205 Å². The van der Waals surface area contributed by atoms with Crippen LogP contribution in [0.15, 0.2) is 58.4 Å². The van der Waals surface area contributed by atoms with E-state index in [1.807, 2.05) is 24.3 Å². The number of hydrogen-bond acceptors (Lipinski definition) is 7. The van der Waals surface area contributed by atoms with Crippen LogP contribution in [-0.2, 0) is 16.1 Å². The van der Waals surface area contributed by atoms with Gasteiger partial charge in [-0.1, -0.05) is 59.8 Å². The molecule has 0 saturated carbocycles. The minimum absolute atomic E-state index is 0.263. The Morgan fingerprint density at radius 2 is 2.00 bits per heavy atom. The van der Waals surface area contributed by atoms with Gasteiger partial charge in [-0.25, -0.2) is 4.98 Å². The molecule has 1 aliphatic rings. The van der Waals surface area contributed by atoms with Gasteiger partial charge in [0.25, 0.3) is 11.5 Å². The summed E-state index contributed by atoms with van der Waals surface area (Å²) in [6.45, 7) is 1.41. The monoisotopic (exact) mass is 500 g/mol. The van der Waals surface area contributed by atoms with Gasteiger partial charge in [0.2, 0.25) is 0 Å². The first kappa shape index (κ1) is 23.4. The summed E-state index contributed by atoms with van der Waals surface area (Å²) in [5.74, 6) is 0.145. The molecule has 0 spiro atoms. The maximum absolute atomic E-state index is 13.3. The van der Waals surface area contributed by atoms with Crippen molar-refractivity contribution < 1.29 is 9.53 Å². The van der Waals surface area contributed by atoms with Crippen LogP contribution in [0.2, 0.25) is 5.02 Å². The van der Waals surface area contributed by atoms with Crippen LogP contribution in [0, 0.1) is 0 Å². The van der Waals surface area contributed by atoms with Crippen molar-refractivity contribution in [3.63, 3.8) is 0 Å². The lowest BCUT2D eigenvalue weighted by molar-refractivity contribution is -0.122. The number of pyridine rings is 1. The third-order valence-corrected chi connectivity index (χ3v) is 6.77. The zero-order valence-electron chi connectivity index (χ0n) is 17.8. The Morgan fingerprint density at radius 1 is 1.21 bits per heavy atom. The Hall–Kier alpha value is -2.72. The summed E-state index contributed by atoms with van der Waals surface area (Å²) < 4.78 is 6.96. The average Bonchev–Trinajstić information content (AvgIpc) is 3.08. The van der Waals surface area contributed by atoms with Crippen molar-refractivity contribution in [2.45, 2.75) is 13.0 Å². The van der Waals surface area contributed by atoms with Gasteiger partial charge in [0.15, 0.2) is 0 Å². The molecule has 1 aromatic carbocycles. The number of methoxy groups -OCH3 is 1. The van der Waals surface area contributed by atoms with E-state index in [1.165, 1.54) is 9.30 Å². The molecule has 0 unspecified atom stereocenters. The number of amides is 1. The summed E-state index contributed by atoms with van der Waals surface area (Å²) >= 11 is 12.9. The molecule has 1 amide bonds. The molecule has 3 aromatic rings. The SMILES string of the molecule is COCCCNc1nc2ccccn2c(=O)c1C=C1SC(=S)N(Cc2ccccc2Cl)C1=O. The molecule has 7 nitrogen and oxygen atoms in total. The summed E-state index contributed by atoms with van der Waals surface area (Å²) in [5, 5.41) is 3.77. The third-order valence-electron chi connectivity index (χ3n) is 5.02. The molecule has 0 radical (unpaired) electrons. The third kappa shape index (κ3) is 5.11. The van der Waals surface area contributed by atoms with Gasteiger partial charge in [0.1, 0.15) is 15.8 Å². The van der Waals surface area contributed by atoms with Crippen molar-refractivity contribution in [1.82, 2.24) is 14.3 Å². The number of carbonyl (C=O) groups excluding carboxylic acids is 1. The largest absolute Gasteiger partial charge is 0.385 e. The van der Waals surface area contributed by atoms with Gasteiger partial charge in [0, 0.05) is 31.5 Å². The zero-order valence-corrected chi connectivity index (χ0v) is 20.2. The Bertz CT molecular complexity index is 1310. The number of hydrogen-bond donors (Lipinski definition) is 1. The van der Waals surface area contributed by atoms with Crippen LogP contribution < -0.4 is 10.9 Å². The van der Waals surface area contributed by atoms with E-state index in [9.17, 15) is 9.59 Å². The van der Waals surface area contributed by atoms with Crippen LogP contribution in [0.5, 0.6) is 0 Å². The molecule has 10 heteroatoms. The Morgan fingerprint density at radius 3 is 2.79 bits per heavy atom. The van der Waals surface area contributed by atoms with Crippen LogP contribution in [0.4, 0.5) is 5.82 Å². The maximum Gasteiger partial charge on any atom is 0.267 e. The number of nitrogens with zero attached hydrogens (tertiary/aromatic N) is 3. The van der Waals surface area contributed by atoms with Crippen LogP contribution in [0.3, 0.4) is 0 Å². The van der Waals surface area contributed by atoms with Crippen LogP contribution in [0.1, 0.15) is 17.5 Å². The van der Waals surface area contributed by atoms with E-state index < -0.39 is 0 Å². The molecular weight excluding hydrogens is 480 g/mol. The minimum atomic E-state index is -0.272. The smallest absolute Gasteiger partial charge is 0.267 e. The predicted molar refractivity (Wildman–Crippen MR) is 137 cm³/mol. The first-order valence-corrected chi connectivity index (χ1v) is 11.8. The molecule has 33 heavy (non-hydrogen) atoms. The van der Waals surface area contributed by atoms with Crippen molar-refractivity contribution in [1.29, 1.82) is 0 Å². The summed E-state index contributed by atoms with van der Waals surface area (Å²) in [7, 11) is 1.64. The predicted octanol–water partition coefficient (Wildman–Crippen LogP) is 4.20. The van der Waals surface area contributed by atoms with Gasteiger partial charge in [-0.3, -0.25) is 18.9 Å². The highest BCUT2D eigenvalue weighted by Crippen LogP contribution is 2.34. The number of anilines is 1. The second-order valence-corrected chi connectivity index (χ2v) is 9.32. The van der Waals surface area contributed by atoms with E-state index in [1.54, 1.807) is 37.6 Å². The second kappa shape index (κ2) is 10.5. The van der Waals surface area contributed by atoms with Gasteiger partial charge in [0.05, 0.1) is 17.0 Å². The minimum Gasteiger partial charge on any atom is -0.385 e. The highest BCUT2D eigenvalue weighted by Gasteiger charge is 2.33. The van der Waals surface area contributed by atoms with E-state index in [-0.39, 0.29) is 18.0 Å². The summed E-state index contributed by atoms with van der Waals surface area (Å²) in [4.78, 5) is 32.9. The molecule has 0 atom stereocenters. The fourth-order valence-electron chi connectivity index (χ4n) is 3.36. The normalized spacial score (nSPS) is 15.1. The van der Waals surface area contributed by atoms with Gasteiger partial charge < -0.3 is 10.1 Å². The van der Waals surface area contributed by atoms with Gasteiger partial charge in [-0.05, 0) is 36.3 Å². The first-order valence-electron chi connectivity index (χ1n) is 10.2. The Balaban J connectivity index is 1.69. The topological polar surface area (TPSA) is 75.9 Å². The van der Waals surface area contributed by atoms with Crippen molar-refractivity contribution in [3.05, 3.63) is 80.1 Å². The quantitative estimate of drug-likeness (QED) is 0.282. The van der Waals surface area contributed by atoms with Crippen LogP contribution in [0.25, 0.3) is 11.7 Å². The number of fused-ring (bicyclic) bond motifs is 1. The lowest BCUT2D eigenvalue weighted by Gasteiger charge is -2.15. The van der Waals surface area contributed by atoms with Gasteiger partial charge >= 0.3 is 0 Å². The number of benzene rings is 1. The molecular formula is C23H21ClN4O3S2. The number of carbonyl (C=O) groups is 1. The molecule has 0 bridgehead atoms. The van der Waals surface area contributed by atoms with E-state index in [0.717, 1.165) is 23.7 Å². The molecule has 4 rings (SSSR count). The number of ether oxygens (including phenoxy) is 1. The molecule has 1 saturated heterocycles. The van der Waals surface area contributed by atoms with Crippen molar-refractivity contribution in [3.8, 4) is 0 Å². The van der Waals surface area contributed by atoms with Crippen LogP contribution in [-0.4, -0.2) is 44.8 Å². The standard InChI is InChI=1S/C23H21ClN4O3S2/c1-31-12-6-10-25-20-16(21(29)27-11-5-4-9-19(27)26-20)13-18-22(30)28(23(32)33-18)14-15-7-2-3-8-17(15)24/h2-5,7-9,11,13,25H,6,10,12,14H2,1H3. The lowest BCUT2D eigenvalue weighted by atomic mass is 10.2. The van der Waals surface area contributed by atoms with Gasteiger partial charge in [-0.2, -0.15) is 0 Å². The van der Waals surface area contributed by atoms with Crippen molar-refractivity contribution in [2.24, 2.45) is 0 Å². The molecule has 1 fully saturated rings. The average molecular weight is 501 g/mol. The number of rotatable bonds is 8. The molecule has 0 aliphatic carbocycles. The zero-order chi connectivity index (χ0) is 23.4. The summed E-state index contributed by atoms with van der Waals surface area (Å²) in [5.41, 5.74) is 1.34. The molecule has 3 heterocycles. The maximum atomic E-state index is 13.3. The molecule has 170 valence electrons. The summed E-state index contributed by atoms with van der Waals surface area (Å²) in [6.07, 6.45) is 3.96. The fraction of sp³-hybridized carbons (Fsp3) is 0.217. The van der Waals surface area contributed by atoms with Gasteiger partial charge in [-0.15, -0.1) is 0 Å². The van der Waals surface area contributed by atoms with E-state index >= 15 is 0 Å². The number of nitrogens with one attached hydrogen (secondary N) is 1. The summed E-state index contributed by atoms with van der Waals surface area (Å²) in [6, 6.07) is 12.6.